The highest BCUT2D eigenvalue weighted by atomic mass is 16.2. The molecular formula is C18H33N3O2. The molecule has 0 bridgehead atoms. The van der Waals surface area contributed by atoms with E-state index >= 15 is 0 Å². The second-order valence-electron chi connectivity index (χ2n) is 7.52. The molecule has 0 spiro atoms. The Morgan fingerprint density at radius 2 is 1.70 bits per heavy atom. The summed E-state index contributed by atoms with van der Waals surface area (Å²) in [6.45, 7) is 6.48. The molecule has 1 heterocycles. The van der Waals surface area contributed by atoms with Crippen LogP contribution in [0.1, 0.15) is 65.2 Å². The summed E-state index contributed by atoms with van der Waals surface area (Å²) in [5.74, 6) is 0.847. The van der Waals surface area contributed by atoms with Crippen molar-refractivity contribution in [3.8, 4) is 0 Å². The normalized spacial score (nSPS) is 20.6. The van der Waals surface area contributed by atoms with E-state index in [1.807, 2.05) is 4.90 Å². The van der Waals surface area contributed by atoms with E-state index in [1.54, 1.807) is 0 Å². The van der Waals surface area contributed by atoms with Crippen LogP contribution in [0.5, 0.6) is 0 Å². The van der Waals surface area contributed by atoms with Crippen LogP contribution in [-0.2, 0) is 4.79 Å². The first-order valence-electron chi connectivity index (χ1n) is 9.39. The second-order valence-corrected chi connectivity index (χ2v) is 7.52. The molecule has 23 heavy (non-hydrogen) atoms. The number of rotatable bonds is 5. The third kappa shape index (κ3) is 6.04. The second kappa shape index (κ2) is 9.14. The first-order valence-corrected chi connectivity index (χ1v) is 9.39. The molecule has 2 N–H and O–H groups in total. The molecule has 2 aliphatic rings. The molecule has 0 radical (unpaired) electrons. The van der Waals surface area contributed by atoms with Crippen molar-refractivity contribution in [3.63, 3.8) is 0 Å². The van der Waals surface area contributed by atoms with Crippen molar-refractivity contribution in [2.45, 2.75) is 71.3 Å². The van der Waals surface area contributed by atoms with Gasteiger partial charge in [0.25, 0.3) is 0 Å². The standard InChI is InChI=1S/C18H33N3O2/c1-14(2)8-11-19-17(22)15-9-12-21(13-10-15)18(23)20-16-6-4-3-5-7-16/h14-16H,3-13H2,1-2H3,(H,19,22)(H,20,23). The molecular weight excluding hydrogens is 290 g/mol. The van der Waals surface area contributed by atoms with Crippen LogP contribution < -0.4 is 10.6 Å². The van der Waals surface area contributed by atoms with E-state index in [1.165, 1.54) is 19.3 Å². The highest BCUT2D eigenvalue weighted by Gasteiger charge is 2.28. The van der Waals surface area contributed by atoms with Gasteiger partial charge in [0.2, 0.25) is 5.91 Å². The van der Waals surface area contributed by atoms with Crippen LogP contribution in [0.3, 0.4) is 0 Å². The van der Waals surface area contributed by atoms with Crippen LogP contribution in [0.15, 0.2) is 0 Å². The Bertz CT molecular complexity index is 384. The average Bonchev–Trinajstić information content (AvgIpc) is 2.55. The van der Waals surface area contributed by atoms with Gasteiger partial charge >= 0.3 is 6.03 Å². The molecule has 0 aromatic rings. The monoisotopic (exact) mass is 323 g/mol. The van der Waals surface area contributed by atoms with Gasteiger partial charge in [-0.15, -0.1) is 0 Å². The summed E-state index contributed by atoms with van der Waals surface area (Å²) < 4.78 is 0. The van der Waals surface area contributed by atoms with E-state index < -0.39 is 0 Å². The van der Waals surface area contributed by atoms with E-state index in [2.05, 4.69) is 24.5 Å². The number of nitrogens with zero attached hydrogens (tertiary/aromatic N) is 1. The molecule has 3 amide bonds. The number of hydrogen-bond donors (Lipinski definition) is 2. The molecule has 1 saturated carbocycles. The molecule has 0 atom stereocenters. The maximum atomic E-state index is 12.3. The Labute approximate surface area is 140 Å². The first kappa shape index (κ1) is 18.1. The maximum Gasteiger partial charge on any atom is 0.317 e. The number of hydrogen-bond acceptors (Lipinski definition) is 2. The maximum absolute atomic E-state index is 12.3. The van der Waals surface area contributed by atoms with E-state index in [0.717, 1.165) is 38.6 Å². The molecule has 5 nitrogen and oxygen atoms in total. The number of piperidine rings is 1. The lowest BCUT2D eigenvalue weighted by atomic mass is 9.95. The Balaban J connectivity index is 1.66. The SMILES string of the molecule is CC(C)CCNC(=O)C1CCN(C(=O)NC2CCCCC2)CC1. The summed E-state index contributed by atoms with van der Waals surface area (Å²) in [6.07, 6.45) is 8.56. The van der Waals surface area contributed by atoms with Gasteiger partial charge in [0, 0.05) is 31.6 Å². The molecule has 1 aliphatic carbocycles. The van der Waals surface area contributed by atoms with E-state index in [9.17, 15) is 9.59 Å². The summed E-state index contributed by atoms with van der Waals surface area (Å²) in [5.41, 5.74) is 0. The Morgan fingerprint density at radius 1 is 1.04 bits per heavy atom. The largest absolute Gasteiger partial charge is 0.356 e. The van der Waals surface area contributed by atoms with Gasteiger partial charge in [0.05, 0.1) is 0 Å². The quantitative estimate of drug-likeness (QED) is 0.817. The van der Waals surface area contributed by atoms with Crippen LogP contribution in [0.2, 0.25) is 0 Å². The van der Waals surface area contributed by atoms with E-state index in [4.69, 9.17) is 0 Å². The number of carbonyl (C=O) groups excluding carboxylic acids is 2. The molecule has 2 fully saturated rings. The van der Waals surface area contributed by atoms with Crippen molar-refractivity contribution in [1.29, 1.82) is 0 Å². The fourth-order valence-electron chi connectivity index (χ4n) is 3.49. The van der Waals surface area contributed by atoms with E-state index in [-0.39, 0.29) is 17.9 Å². The van der Waals surface area contributed by atoms with Crippen LogP contribution in [-0.4, -0.2) is 42.5 Å². The van der Waals surface area contributed by atoms with Crippen molar-refractivity contribution in [2.75, 3.05) is 19.6 Å². The minimum atomic E-state index is 0.0653. The van der Waals surface area contributed by atoms with Crippen molar-refractivity contribution < 1.29 is 9.59 Å². The molecule has 5 heteroatoms. The zero-order chi connectivity index (χ0) is 16.7. The predicted molar refractivity (Wildman–Crippen MR) is 92.2 cm³/mol. The van der Waals surface area contributed by atoms with Gasteiger partial charge in [0.15, 0.2) is 0 Å². The number of carbonyl (C=O) groups is 2. The fourth-order valence-corrected chi connectivity index (χ4v) is 3.49. The zero-order valence-corrected chi connectivity index (χ0v) is 14.8. The van der Waals surface area contributed by atoms with Gasteiger partial charge in [-0.25, -0.2) is 4.79 Å². The lowest BCUT2D eigenvalue weighted by molar-refractivity contribution is -0.126. The van der Waals surface area contributed by atoms with Gasteiger partial charge in [-0.1, -0.05) is 33.1 Å². The number of likely N-dealkylation sites (tertiary alicyclic amines) is 1. The minimum Gasteiger partial charge on any atom is -0.356 e. The zero-order valence-electron chi connectivity index (χ0n) is 14.8. The van der Waals surface area contributed by atoms with E-state index in [0.29, 0.717) is 25.0 Å². The van der Waals surface area contributed by atoms with Crippen molar-refractivity contribution in [1.82, 2.24) is 15.5 Å². The number of amides is 3. The molecule has 132 valence electrons. The molecule has 1 saturated heterocycles. The van der Waals surface area contributed by atoms with Crippen molar-refractivity contribution in [3.05, 3.63) is 0 Å². The van der Waals surface area contributed by atoms with Gasteiger partial charge in [-0.3, -0.25) is 4.79 Å². The van der Waals surface area contributed by atoms with Crippen LogP contribution in [0.25, 0.3) is 0 Å². The Hall–Kier alpha value is -1.26. The smallest absolute Gasteiger partial charge is 0.317 e. The topological polar surface area (TPSA) is 61.4 Å². The number of nitrogens with one attached hydrogen (secondary N) is 2. The third-order valence-electron chi connectivity index (χ3n) is 5.11. The molecule has 1 aliphatic heterocycles. The van der Waals surface area contributed by atoms with Gasteiger partial charge < -0.3 is 15.5 Å². The van der Waals surface area contributed by atoms with Gasteiger partial charge in [-0.05, 0) is 38.0 Å². The Morgan fingerprint density at radius 3 is 2.30 bits per heavy atom. The molecule has 0 aromatic heterocycles. The summed E-state index contributed by atoms with van der Waals surface area (Å²) >= 11 is 0. The highest BCUT2D eigenvalue weighted by molar-refractivity contribution is 5.79. The molecule has 2 rings (SSSR count). The third-order valence-corrected chi connectivity index (χ3v) is 5.11. The van der Waals surface area contributed by atoms with Crippen LogP contribution in [0.4, 0.5) is 4.79 Å². The summed E-state index contributed by atoms with van der Waals surface area (Å²) in [4.78, 5) is 26.3. The summed E-state index contributed by atoms with van der Waals surface area (Å²) in [7, 11) is 0. The Kier molecular flexibility index (Phi) is 7.18. The highest BCUT2D eigenvalue weighted by Crippen LogP contribution is 2.20. The fraction of sp³-hybridized carbons (Fsp3) is 0.889. The van der Waals surface area contributed by atoms with Crippen LogP contribution >= 0.6 is 0 Å². The minimum absolute atomic E-state index is 0.0653. The summed E-state index contributed by atoms with van der Waals surface area (Å²) in [5, 5.41) is 6.20. The van der Waals surface area contributed by atoms with Gasteiger partial charge in [0.1, 0.15) is 0 Å². The van der Waals surface area contributed by atoms with Crippen molar-refractivity contribution in [2.24, 2.45) is 11.8 Å². The summed E-state index contributed by atoms with van der Waals surface area (Å²) in [6, 6.07) is 0.420. The predicted octanol–water partition coefficient (Wildman–Crippen LogP) is 2.90. The van der Waals surface area contributed by atoms with Crippen molar-refractivity contribution >= 4 is 11.9 Å². The molecule has 0 aromatic carbocycles. The van der Waals surface area contributed by atoms with Crippen LogP contribution in [0, 0.1) is 11.8 Å². The molecule has 0 unspecified atom stereocenters. The lowest BCUT2D eigenvalue weighted by Crippen LogP contribution is -2.49. The average molecular weight is 323 g/mol. The van der Waals surface area contributed by atoms with Gasteiger partial charge in [-0.2, -0.15) is 0 Å². The number of urea groups is 1. The lowest BCUT2D eigenvalue weighted by Gasteiger charge is -2.33. The first-order chi connectivity index (χ1) is 11.1.